The number of hydrogen-bond donors (Lipinski definition) is 2. The smallest absolute Gasteiger partial charge is 0.211 e. The highest BCUT2D eigenvalue weighted by molar-refractivity contribution is 7.89. The molecule has 4 nitrogen and oxygen atoms in total. The zero-order valence-corrected chi connectivity index (χ0v) is 11.0. The third-order valence-electron chi connectivity index (χ3n) is 2.25. The maximum atomic E-state index is 11.5. The average Bonchev–Trinajstić information content (AvgIpc) is 2.35. The van der Waals surface area contributed by atoms with Gasteiger partial charge in [-0.25, -0.2) is 13.1 Å². The monoisotopic (exact) mass is 277 g/mol. The molecule has 0 aliphatic rings. The molecule has 0 bridgehead atoms. The van der Waals surface area contributed by atoms with Crippen LogP contribution in [0.1, 0.15) is 17.5 Å². The molecule has 2 N–H and O–H groups in total. The Balaban J connectivity index is 2.49. The van der Waals surface area contributed by atoms with Gasteiger partial charge in [-0.1, -0.05) is 24.3 Å². The summed E-state index contributed by atoms with van der Waals surface area (Å²) < 4.78 is 25.5. The van der Waals surface area contributed by atoms with Crippen molar-refractivity contribution in [2.24, 2.45) is 0 Å². The number of hydrogen-bond acceptors (Lipinski definition) is 3. The van der Waals surface area contributed by atoms with Crippen LogP contribution in [0, 0.1) is 0 Å². The summed E-state index contributed by atoms with van der Waals surface area (Å²) in [7, 11) is -3.24. The predicted octanol–water partition coefficient (Wildman–Crippen LogP) is 1.23. The number of sulfonamides is 1. The lowest BCUT2D eigenvalue weighted by Crippen LogP contribution is -2.26. The number of aliphatic hydroxyl groups is 1. The van der Waals surface area contributed by atoms with Gasteiger partial charge in [0.05, 0.1) is 12.4 Å². The van der Waals surface area contributed by atoms with Crippen LogP contribution >= 0.6 is 11.6 Å². The Morgan fingerprint density at radius 1 is 1.18 bits per heavy atom. The molecule has 0 heterocycles. The average molecular weight is 278 g/mol. The lowest BCUT2D eigenvalue weighted by Gasteiger charge is -2.06. The second kappa shape index (κ2) is 6.96. The highest BCUT2D eigenvalue weighted by atomic mass is 35.5. The molecule has 0 saturated carbocycles. The lowest BCUT2D eigenvalue weighted by molar-refractivity contribution is 0.282. The molecule has 1 rings (SSSR count). The summed E-state index contributed by atoms with van der Waals surface area (Å²) in [6.45, 7) is 0.248. The second-order valence-corrected chi connectivity index (χ2v) is 5.96. The second-order valence-electron chi connectivity index (χ2n) is 3.66. The molecule has 0 aliphatic heterocycles. The third kappa shape index (κ3) is 5.50. The summed E-state index contributed by atoms with van der Waals surface area (Å²) >= 11 is 5.44. The summed E-state index contributed by atoms with van der Waals surface area (Å²) in [6.07, 6.45) is 0.445. The first-order valence-corrected chi connectivity index (χ1v) is 7.48. The number of benzene rings is 1. The molecule has 0 spiro atoms. The minimum Gasteiger partial charge on any atom is -0.392 e. The zero-order valence-electron chi connectivity index (χ0n) is 9.39. The van der Waals surface area contributed by atoms with Crippen LogP contribution in [0.5, 0.6) is 0 Å². The van der Waals surface area contributed by atoms with Crippen LogP contribution in [0.15, 0.2) is 24.3 Å². The number of halogens is 1. The zero-order chi connectivity index (χ0) is 12.7. The fourth-order valence-electron chi connectivity index (χ4n) is 1.27. The van der Waals surface area contributed by atoms with Crippen LogP contribution in [0.2, 0.25) is 0 Å². The Bertz CT molecular complexity index is 431. The van der Waals surface area contributed by atoms with Crippen molar-refractivity contribution >= 4 is 21.6 Å². The van der Waals surface area contributed by atoms with Gasteiger partial charge in [-0.2, -0.15) is 0 Å². The maximum Gasteiger partial charge on any atom is 0.211 e. The fraction of sp³-hybridized carbons (Fsp3) is 0.455. The first-order valence-electron chi connectivity index (χ1n) is 5.29. The molecule has 17 heavy (non-hydrogen) atoms. The number of aliphatic hydroxyl groups excluding tert-OH is 1. The first kappa shape index (κ1) is 14.4. The standard InChI is InChI=1S/C11H16ClNO3S/c12-6-1-7-17(15,16)13-8-10-2-4-11(9-14)5-3-10/h2-5,13-14H,1,6-9H2. The molecular weight excluding hydrogens is 262 g/mol. The molecule has 0 unspecified atom stereocenters. The molecule has 0 amide bonds. The molecule has 1 aromatic rings. The van der Waals surface area contributed by atoms with Crippen molar-refractivity contribution in [3.8, 4) is 0 Å². The largest absolute Gasteiger partial charge is 0.392 e. The Labute approximate surface area is 107 Å². The molecule has 6 heteroatoms. The highest BCUT2D eigenvalue weighted by Gasteiger charge is 2.08. The summed E-state index contributed by atoms with van der Waals surface area (Å²) in [5.41, 5.74) is 1.66. The van der Waals surface area contributed by atoms with Gasteiger partial charge in [-0.3, -0.25) is 0 Å². The van der Waals surface area contributed by atoms with Gasteiger partial charge in [0.1, 0.15) is 0 Å². The van der Waals surface area contributed by atoms with Crippen LogP contribution in [-0.2, 0) is 23.2 Å². The quantitative estimate of drug-likeness (QED) is 0.737. The summed E-state index contributed by atoms with van der Waals surface area (Å²) in [4.78, 5) is 0. The van der Waals surface area contributed by atoms with E-state index in [2.05, 4.69) is 4.72 Å². The van der Waals surface area contributed by atoms with E-state index in [0.29, 0.717) is 12.3 Å². The van der Waals surface area contributed by atoms with Crippen LogP contribution in [0.3, 0.4) is 0 Å². The number of rotatable bonds is 7. The van der Waals surface area contributed by atoms with Crippen molar-refractivity contribution in [1.82, 2.24) is 4.72 Å². The van der Waals surface area contributed by atoms with Gasteiger partial charge in [-0.15, -0.1) is 11.6 Å². The molecule has 96 valence electrons. The topological polar surface area (TPSA) is 66.4 Å². The van der Waals surface area contributed by atoms with Gasteiger partial charge in [0.15, 0.2) is 0 Å². The van der Waals surface area contributed by atoms with E-state index in [0.717, 1.165) is 11.1 Å². The van der Waals surface area contributed by atoms with E-state index in [4.69, 9.17) is 16.7 Å². The van der Waals surface area contributed by atoms with Crippen LogP contribution in [0.4, 0.5) is 0 Å². The third-order valence-corrected chi connectivity index (χ3v) is 3.93. The Hall–Kier alpha value is -0.620. The van der Waals surface area contributed by atoms with Gasteiger partial charge in [0.25, 0.3) is 0 Å². The fourth-order valence-corrected chi connectivity index (χ4v) is 2.62. The molecule has 0 aromatic heterocycles. The van der Waals surface area contributed by atoms with Gasteiger partial charge in [-0.05, 0) is 17.5 Å². The normalized spacial score (nSPS) is 11.6. The molecule has 0 saturated heterocycles. The van der Waals surface area contributed by atoms with Crippen molar-refractivity contribution in [3.63, 3.8) is 0 Å². The van der Waals surface area contributed by atoms with Gasteiger partial charge in [0.2, 0.25) is 10.0 Å². The molecule has 1 aromatic carbocycles. The number of nitrogens with one attached hydrogen (secondary N) is 1. The molecule has 0 atom stereocenters. The van der Waals surface area contributed by atoms with Crippen molar-refractivity contribution in [1.29, 1.82) is 0 Å². The molecule has 0 radical (unpaired) electrons. The Morgan fingerprint density at radius 3 is 2.29 bits per heavy atom. The summed E-state index contributed by atoms with van der Waals surface area (Å²) in [5.74, 6) is 0.386. The minimum absolute atomic E-state index is 0.0122. The molecule has 0 aliphatic carbocycles. The summed E-state index contributed by atoms with van der Waals surface area (Å²) in [5, 5.41) is 8.86. The van der Waals surface area contributed by atoms with Crippen LogP contribution in [0.25, 0.3) is 0 Å². The van der Waals surface area contributed by atoms with E-state index in [1.54, 1.807) is 24.3 Å². The van der Waals surface area contributed by atoms with Crippen molar-refractivity contribution < 1.29 is 13.5 Å². The van der Waals surface area contributed by atoms with E-state index in [1.807, 2.05) is 0 Å². The number of alkyl halides is 1. The van der Waals surface area contributed by atoms with Gasteiger partial charge >= 0.3 is 0 Å². The van der Waals surface area contributed by atoms with Crippen molar-refractivity contribution in [2.45, 2.75) is 19.6 Å². The van der Waals surface area contributed by atoms with E-state index < -0.39 is 10.0 Å². The summed E-state index contributed by atoms with van der Waals surface area (Å²) in [6, 6.07) is 7.11. The van der Waals surface area contributed by atoms with Crippen LogP contribution in [-0.4, -0.2) is 25.2 Å². The Kier molecular flexibility index (Phi) is 5.91. The predicted molar refractivity (Wildman–Crippen MR) is 68.3 cm³/mol. The minimum atomic E-state index is -3.24. The van der Waals surface area contributed by atoms with Crippen LogP contribution < -0.4 is 4.72 Å². The van der Waals surface area contributed by atoms with E-state index >= 15 is 0 Å². The SMILES string of the molecule is O=S(=O)(CCCCl)NCc1ccc(CO)cc1. The van der Waals surface area contributed by atoms with Gasteiger partial charge < -0.3 is 5.11 Å². The molecule has 0 fully saturated rings. The van der Waals surface area contributed by atoms with Crippen molar-refractivity contribution in [3.05, 3.63) is 35.4 Å². The van der Waals surface area contributed by atoms with E-state index in [1.165, 1.54) is 0 Å². The highest BCUT2D eigenvalue weighted by Crippen LogP contribution is 2.04. The Morgan fingerprint density at radius 2 is 1.76 bits per heavy atom. The van der Waals surface area contributed by atoms with Gasteiger partial charge in [0, 0.05) is 12.4 Å². The lowest BCUT2D eigenvalue weighted by atomic mass is 10.1. The molecular formula is C11H16ClNO3S. The van der Waals surface area contributed by atoms with E-state index in [-0.39, 0.29) is 18.9 Å². The first-order chi connectivity index (χ1) is 8.07. The van der Waals surface area contributed by atoms with E-state index in [9.17, 15) is 8.42 Å². The van der Waals surface area contributed by atoms with Crippen molar-refractivity contribution in [2.75, 3.05) is 11.6 Å². The maximum absolute atomic E-state index is 11.5.